The van der Waals surface area contributed by atoms with Crippen LogP contribution in [0.5, 0.6) is 11.5 Å². The van der Waals surface area contributed by atoms with Crippen LogP contribution < -0.4 is 14.8 Å². The maximum atomic E-state index is 12.3. The zero-order valence-corrected chi connectivity index (χ0v) is 20.5. The highest BCUT2D eigenvalue weighted by molar-refractivity contribution is 8.15. The highest BCUT2D eigenvalue weighted by Crippen LogP contribution is 2.28. The number of carbonyl (C=O) groups excluding carboxylic acids is 1. The van der Waals surface area contributed by atoms with Gasteiger partial charge >= 0.3 is 0 Å². The second kappa shape index (κ2) is 13.0. The quantitative estimate of drug-likeness (QED) is 0.258. The van der Waals surface area contributed by atoms with E-state index in [0.717, 1.165) is 29.7 Å². The van der Waals surface area contributed by atoms with Gasteiger partial charge in [-0.1, -0.05) is 69.1 Å². The number of nitrogens with one attached hydrogen (secondary N) is 1. The van der Waals surface area contributed by atoms with Crippen LogP contribution >= 0.6 is 11.8 Å². The predicted molar refractivity (Wildman–Crippen MR) is 137 cm³/mol. The van der Waals surface area contributed by atoms with Crippen LogP contribution in [0.3, 0.4) is 0 Å². The maximum Gasteiger partial charge on any atom is 0.239 e. The van der Waals surface area contributed by atoms with Crippen molar-refractivity contribution >= 4 is 29.1 Å². The van der Waals surface area contributed by atoms with E-state index in [0.29, 0.717) is 23.9 Å². The zero-order valence-electron chi connectivity index (χ0n) is 19.7. The SMILES string of the molecule is CCCCCCOc1ccc(C=N/N=C2\NC(=O)C(Cc3ccc(CC)cc3)S2)cc1OC. The van der Waals surface area contributed by atoms with E-state index in [1.54, 1.807) is 13.3 Å². The molecule has 0 bridgehead atoms. The third kappa shape index (κ3) is 7.63. The summed E-state index contributed by atoms with van der Waals surface area (Å²) in [5, 5.41) is 11.5. The lowest BCUT2D eigenvalue weighted by atomic mass is 10.1. The number of carbonyl (C=O) groups is 1. The Kier molecular flexibility index (Phi) is 9.81. The van der Waals surface area contributed by atoms with Crippen LogP contribution in [0.25, 0.3) is 0 Å². The lowest BCUT2D eigenvalue weighted by Crippen LogP contribution is -2.25. The van der Waals surface area contributed by atoms with Gasteiger partial charge in [0, 0.05) is 0 Å². The Morgan fingerprint density at radius 3 is 2.55 bits per heavy atom. The maximum absolute atomic E-state index is 12.3. The number of unbranched alkanes of at least 4 members (excludes halogenated alkanes) is 3. The van der Waals surface area contributed by atoms with Gasteiger partial charge in [0.25, 0.3) is 0 Å². The third-order valence-electron chi connectivity index (χ3n) is 5.43. The molecule has 1 amide bonds. The lowest BCUT2D eigenvalue weighted by molar-refractivity contribution is -0.118. The minimum atomic E-state index is -0.194. The molecule has 2 aromatic rings. The summed E-state index contributed by atoms with van der Waals surface area (Å²) < 4.78 is 11.3. The second-order valence-electron chi connectivity index (χ2n) is 7.94. The lowest BCUT2D eigenvalue weighted by Gasteiger charge is -2.11. The molecule has 1 heterocycles. The summed E-state index contributed by atoms with van der Waals surface area (Å²) in [6.45, 7) is 5.00. The smallest absolute Gasteiger partial charge is 0.239 e. The summed E-state index contributed by atoms with van der Waals surface area (Å²) in [6.07, 6.45) is 7.95. The molecule has 1 unspecified atom stereocenters. The number of ether oxygens (including phenoxy) is 2. The molecule has 1 atom stereocenters. The first-order valence-corrected chi connectivity index (χ1v) is 12.5. The predicted octanol–water partition coefficient (Wildman–Crippen LogP) is 5.38. The van der Waals surface area contributed by atoms with Gasteiger partial charge in [0.2, 0.25) is 5.91 Å². The van der Waals surface area contributed by atoms with Gasteiger partial charge in [-0.3, -0.25) is 4.79 Å². The van der Waals surface area contributed by atoms with Crippen molar-refractivity contribution in [3.8, 4) is 11.5 Å². The van der Waals surface area contributed by atoms with Crippen LogP contribution in [0.1, 0.15) is 56.2 Å². The molecule has 0 saturated carbocycles. The third-order valence-corrected chi connectivity index (χ3v) is 6.50. The van der Waals surface area contributed by atoms with Crippen molar-refractivity contribution in [2.24, 2.45) is 10.2 Å². The summed E-state index contributed by atoms with van der Waals surface area (Å²) in [5.41, 5.74) is 3.28. The van der Waals surface area contributed by atoms with Crippen LogP contribution in [-0.2, 0) is 17.6 Å². The van der Waals surface area contributed by atoms with Crippen LogP contribution in [-0.4, -0.2) is 36.3 Å². The molecule has 1 N–H and O–H groups in total. The summed E-state index contributed by atoms with van der Waals surface area (Å²) in [6, 6.07) is 14.1. The normalized spacial score (nSPS) is 17.0. The molecule has 0 spiro atoms. The monoisotopic (exact) mass is 467 g/mol. The number of amidine groups is 1. The molecule has 33 heavy (non-hydrogen) atoms. The van der Waals surface area contributed by atoms with Crippen molar-refractivity contribution in [2.75, 3.05) is 13.7 Å². The molecular formula is C26H33N3O3S. The molecule has 0 aliphatic carbocycles. The van der Waals surface area contributed by atoms with E-state index in [9.17, 15) is 4.79 Å². The number of thioether (sulfide) groups is 1. The number of hydrogen-bond donors (Lipinski definition) is 1. The number of methoxy groups -OCH3 is 1. The van der Waals surface area contributed by atoms with Gasteiger partial charge in [-0.2, -0.15) is 5.10 Å². The molecule has 1 aliphatic heterocycles. The van der Waals surface area contributed by atoms with Gasteiger partial charge in [0.1, 0.15) is 0 Å². The fraction of sp³-hybridized carbons (Fsp3) is 0.423. The van der Waals surface area contributed by atoms with E-state index >= 15 is 0 Å². The van der Waals surface area contributed by atoms with E-state index in [1.807, 2.05) is 18.2 Å². The molecule has 1 saturated heterocycles. The van der Waals surface area contributed by atoms with Crippen LogP contribution in [0.2, 0.25) is 0 Å². The van der Waals surface area contributed by atoms with Crippen molar-refractivity contribution in [3.63, 3.8) is 0 Å². The molecule has 3 rings (SSSR count). The number of nitrogens with zero attached hydrogens (tertiary/aromatic N) is 2. The molecule has 2 aromatic carbocycles. The fourth-order valence-corrected chi connectivity index (χ4v) is 4.42. The summed E-state index contributed by atoms with van der Waals surface area (Å²) in [4.78, 5) is 12.3. The van der Waals surface area contributed by atoms with E-state index in [-0.39, 0.29) is 11.2 Å². The van der Waals surface area contributed by atoms with Gasteiger partial charge in [-0.25, -0.2) is 0 Å². The molecule has 6 nitrogen and oxygen atoms in total. The minimum absolute atomic E-state index is 0.0318. The topological polar surface area (TPSA) is 72.3 Å². The summed E-state index contributed by atoms with van der Waals surface area (Å²) in [7, 11) is 1.63. The Balaban J connectivity index is 1.54. The average molecular weight is 468 g/mol. The van der Waals surface area contributed by atoms with Gasteiger partial charge in [0.15, 0.2) is 16.7 Å². The number of hydrogen-bond acceptors (Lipinski definition) is 6. The van der Waals surface area contributed by atoms with Gasteiger partial charge < -0.3 is 14.8 Å². The van der Waals surface area contributed by atoms with Crippen molar-refractivity contribution in [1.82, 2.24) is 5.32 Å². The number of amides is 1. The van der Waals surface area contributed by atoms with E-state index in [1.165, 1.54) is 36.6 Å². The fourth-order valence-electron chi connectivity index (χ4n) is 3.45. The van der Waals surface area contributed by atoms with Gasteiger partial charge in [-0.15, -0.1) is 5.10 Å². The first-order valence-electron chi connectivity index (χ1n) is 11.6. The number of aryl methyl sites for hydroxylation is 1. The van der Waals surface area contributed by atoms with E-state index < -0.39 is 0 Å². The van der Waals surface area contributed by atoms with Gasteiger partial charge in [-0.05, 0) is 54.2 Å². The Labute approximate surface area is 200 Å². The largest absolute Gasteiger partial charge is 0.493 e. The molecule has 176 valence electrons. The number of benzene rings is 2. The molecule has 1 aliphatic rings. The second-order valence-corrected chi connectivity index (χ2v) is 9.13. The van der Waals surface area contributed by atoms with Gasteiger partial charge in [0.05, 0.1) is 25.2 Å². The summed E-state index contributed by atoms with van der Waals surface area (Å²) in [5.74, 6) is 1.36. The Morgan fingerprint density at radius 1 is 1.03 bits per heavy atom. The van der Waals surface area contributed by atoms with Crippen molar-refractivity contribution in [1.29, 1.82) is 0 Å². The first-order chi connectivity index (χ1) is 16.1. The van der Waals surface area contributed by atoms with Crippen molar-refractivity contribution in [2.45, 2.75) is 57.6 Å². The Hall–Kier alpha value is -2.80. The van der Waals surface area contributed by atoms with Crippen LogP contribution in [0.4, 0.5) is 0 Å². The van der Waals surface area contributed by atoms with Crippen LogP contribution in [0, 0.1) is 0 Å². The highest BCUT2D eigenvalue weighted by Gasteiger charge is 2.30. The van der Waals surface area contributed by atoms with E-state index in [2.05, 4.69) is 53.6 Å². The van der Waals surface area contributed by atoms with Crippen molar-refractivity contribution < 1.29 is 14.3 Å². The van der Waals surface area contributed by atoms with Crippen LogP contribution in [0.15, 0.2) is 52.7 Å². The molecule has 0 radical (unpaired) electrons. The molecular weight excluding hydrogens is 434 g/mol. The number of rotatable bonds is 12. The molecule has 1 fully saturated rings. The minimum Gasteiger partial charge on any atom is -0.493 e. The first kappa shape index (κ1) is 24.8. The average Bonchev–Trinajstić information content (AvgIpc) is 3.18. The summed E-state index contributed by atoms with van der Waals surface area (Å²) >= 11 is 1.41. The Morgan fingerprint density at radius 2 is 1.82 bits per heavy atom. The van der Waals surface area contributed by atoms with Crippen molar-refractivity contribution in [3.05, 3.63) is 59.2 Å². The molecule has 0 aromatic heterocycles. The standard InChI is InChI=1S/C26H33N3O3S/c1-4-6-7-8-15-32-22-14-13-21(16-23(22)31-3)18-27-29-26-28-25(30)24(33-26)17-20-11-9-19(5-2)10-12-20/h9-14,16,18,24H,4-8,15,17H2,1-3H3,(H,28,29,30). The molecule has 7 heteroatoms. The highest BCUT2D eigenvalue weighted by atomic mass is 32.2. The van der Waals surface area contributed by atoms with E-state index in [4.69, 9.17) is 9.47 Å². The Bertz CT molecular complexity index is 973. The zero-order chi connectivity index (χ0) is 23.5.